The third-order valence-corrected chi connectivity index (χ3v) is 5.98. The van der Waals surface area contributed by atoms with Crippen LogP contribution < -0.4 is 15.4 Å². The lowest BCUT2D eigenvalue weighted by atomic mass is 10.2. The second-order valence-electron chi connectivity index (χ2n) is 6.60. The summed E-state index contributed by atoms with van der Waals surface area (Å²) in [6.07, 6.45) is -1.26. The molecular formula is C19H23N3O6S2. The molecule has 0 saturated heterocycles. The van der Waals surface area contributed by atoms with Gasteiger partial charge in [0.25, 0.3) is 5.91 Å². The summed E-state index contributed by atoms with van der Waals surface area (Å²) in [5.74, 6) is -1.69. The first-order valence-electron chi connectivity index (χ1n) is 9.03. The molecule has 1 aromatic heterocycles. The predicted molar refractivity (Wildman–Crippen MR) is 111 cm³/mol. The molecule has 1 atom stereocenters. The van der Waals surface area contributed by atoms with Crippen molar-refractivity contribution in [3.63, 3.8) is 0 Å². The summed E-state index contributed by atoms with van der Waals surface area (Å²) < 4.78 is 32.5. The summed E-state index contributed by atoms with van der Waals surface area (Å²) in [4.78, 5) is 36.6. The molecule has 0 aliphatic heterocycles. The van der Waals surface area contributed by atoms with Crippen LogP contribution in [0.4, 0.5) is 4.79 Å². The van der Waals surface area contributed by atoms with E-state index in [4.69, 9.17) is 4.74 Å². The van der Waals surface area contributed by atoms with E-state index in [0.29, 0.717) is 0 Å². The summed E-state index contributed by atoms with van der Waals surface area (Å²) >= 11 is 1.42. The maximum Gasteiger partial charge on any atom is 0.338 e. The van der Waals surface area contributed by atoms with Crippen LogP contribution in [0.1, 0.15) is 36.0 Å². The molecule has 30 heavy (non-hydrogen) atoms. The SMILES string of the molecule is CC(C)NC(=O)NC(=O)C(C)OC(=O)c1cccc(S(=O)(=O)NCc2cccs2)c1. The predicted octanol–water partition coefficient (Wildman–Crippen LogP) is 2.01. The van der Waals surface area contributed by atoms with E-state index in [9.17, 15) is 22.8 Å². The van der Waals surface area contributed by atoms with Crippen molar-refractivity contribution >= 4 is 39.3 Å². The molecule has 0 spiro atoms. The van der Waals surface area contributed by atoms with Crippen LogP contribution in [0.5, 0.6) is 0 Å². The minimum atomic E-state index is -3.85. The minimum Gasteiger partial charge on any atom is -0.449 e. The van der Waals surface area contributed by atoms with Gasteiger partial charge >= 0.3 is 12.0 Å². The Bertz CT molecular complexity index is 1000. The largest absolute Gasteiger partial charge is 0.449 e. The van der Waals surface area contributed by atoms with Crippen LogP contribution in [0, 0.1) is 0 Å². The van der Waals surface area contributed by atoms with Crippen molar-refractivity contribution in [3.8, 4) is 0 Å². The van der Waals surface area contributed by atoms with Gasteiger partial charge in [-0.1, -0.05) is 12.1 Å². The van der Waals surface area contributed by atoms with E-state index in [1.807, 2.05) is 11.4 Å². The number of amides is 3. The lowest BCUT2D eigenvalue weighted by Gasteiger charge is -2.14. The van der Waals surface area contributed by atoms with Gasteiger partial charge in [-0.2, -0.15) is 0 Å². The molecule has 3 N–H and O–H groups in total. The Balaban J connectivity index is 2.01. The number of urea groups is 1. The van der Waals surface area contributed by atoms with Crippen LogP contribution in [-0.2, 0) is 26.1 Å². The number of nitrogens with one attached hydrogen (secondary N) is 3. The number of rotatable bonds is 8. The summed E-state index contributed by atoms with van der Waals surface area (Å²) in [5, 5.41) is 6.38. The number of benzene rings is 1. The molecule has 0 radical (unpaired) electrons. The molecule has 2 aromatic rings. The summed E-state index contributed by atoms with van der Waals surface area (Å²) in [5.41, 5.74) is -0.0414. The van der Waals surface area contributed by atoms with Crippen molar-refractivity contribution in [2.45, 2.75) is 44.4 Å². The van der Waals surface area contributed by atoms with E-state index in [-0.39, 0.29) is 23.0 Å². The zero-order chi connectivity index (χ0) is 22.3. The highest BCUT2D eigenvalue weighted by molar-refractivity contribution is 7.89. The number of hydrogen-bond acceptors (Lipinski definition) is 7. The fourth-order valence-electron chi connectivity index (χ4n) is 2.25. The van der Waals surface area contributed by atoms with Gasteiger partial charge < -0.3 is 10.1 Å². The van der Waals surface area contributed by atoms with Gasteiger partial charge in [-0.3, -0.25) is 10.1 Å². The lowest BCUT2D eigenvalue weighted by Crippen LogP contribution is -2.46. The molecule has 2 rings (SSSR count). The number of thiophene rings is 1. The van der Waals surface area contributed by atoms with Gasteiger partial charge in [-0.05, 0) is 50.4 Å². The number of imide groups is 1. The number of carbonyl (C=O) groups excluding carboxylic acids is 3. The first kappa shape index (κ1) is 23.5. The third kappa shape index (κ3) is 6.94. The highest BCUT2D eigenvalue weighted by Gasteiger charge is 2.22. The quantitative estimate of drug-likeness (QED) is 0.524. The molecule has 1 aromatic carbocycles. The second-order valence-corrected chi connectivity index (χ2v) is 9.40. The van der Waals surface area contributed by atoms with Crippen molar-refractivity contribution in [2.75, 3.05) is 0 Å². The maximum atomic E-state index is 12.5. The van der Waals surface area contributed by atoms with Crippen LogP contribution in [0.3, 0.4) is 0 Å². The average Bonchev–Trinajstić information content (AvgIpc) is 3.19. The first-order valence-corrected chi connectivity index (χ1v) is 11.4. The van der Waals surface area contributed by atoms with Gasteiger partial charge in [0.2, 0.25) is 10.0 Å². The molecule has 0 aliphatic carbocycles. The molecule has 0 bridgehead atoms. The van der Waals surface area contributed by atoms with Crippen LogP contribution in [0.15, 0.2) is 46.7 Å². The number of hydrogen-bond donors (Lipinski definition) is 3. The maximum absolute atomic E-state index is 12.5. The van der Waals surface area contributed by atoms with Crippen molar-refractivity contribution < 1.29 is 27.5 Å². The zero-order valence-electron chi connectivity index (χ0n) is 16.7. The van der Waals surface area contributed by atoms with Crippen molar-refractivity contribution in [2.24, 2.45) is 0 Å². The van der Waals surface area contributed by atoms with E-state index in [2.05, 4.69) is 15.4 Å². The Kier molecular flexibility index (Phi) is 8.09. The number of carbonyl (C=O) groups is 3. The normalized spacial score (nSPS) is 12.3. The minimum absolute atomic E-state index is 0.0414. The molecular weight excluding hydrogens is 430 g/mol. The van der Waals surface area contributed by atoms with E-state index >= 15 is 0 Å². The topological polar surface area (TPSA) is 131 Å². The smallest absolute Gasteiger partial charge is 0.338 e. The van der Waals surface area contributed by atoms with Crippen molar-refractivity contribution in [1.29, 1.82) is 0 Å². The van der Waals surface area contributed by atoms with Crippen LogP contribution >= 0.6 is 11.3 Å². The standard InChI is InChI=1S/C19H23N3O6S2/c1-12(2)21-19(25)22-17(23)13(3)28-18(24)14-6-4-8-16(10-14)30(26,27)20-11-15-7-5-9-29-15/h4-10,12-13,20H,11H2,1-3H3,(H2,21,22,23,25). The Morgan fingerprint density at radius 1 is 1.10 bits per heavy atom. The average molecular weight is 454 g/mol. The zero-order valence-corrected chi connectivity index (χ0v) is 18.3. The molecule has 9 nitrogen and oxygen atoms in total. The summed E-state index contributed by atoms with van der Waals surface area (Å²) in [6, 6.07) is 8.02. The molecule has 1 unspecified atom stereocenters. The Morgan fingerprint density at radius 2 is 1.83 bits per heavy atom. The van der Waals surface area contributed by atoms with E-state index < -0.39 is 34.0 Å². The van der Waals surface area contributed by atoms with Gasteiger partial charge in [-0.25, -0.2) is 22.7 Å². The van der Waals surface area contributed by atoms with Crippen LogP contribution in [-0.4, -0.2) is 38.5 Å². The van der Waals surface area contributed by atoms with Gasteiger partial charge in [0, 0.05) is 17.5 Å². The van der Waals surface area contributed by atoms with Crippen LogP contribution in [0.2, 0.25) is 0 Å². The van der Waals surface area contributed by atoms with Crippen molar-refractivity contribution in [1.82, 2.24) is 15.4 Å². The monoisotopic (exact) mass is 453 g/mol. The Morgan fingerprint density at radius 3 is 2.47 bits per heavy atom. The van der Waals surface area contributed by atoms with E-state index in [0.717, 1.165) is 10.9 Å². The number of esters is 1. The molecule has 0 aliphatic rings. The molecule has 3 amide bonds. The van der Waals surface area contributed by atoms with Gasteiger partial charge in [0.1, 0.15) is 0 Å². The summed E-state index contributed by atoms with van der Waals surface area (Å²) in [6.45, 7) is 4.89. The Labute approximate surface area is 178 Å². The number of sulfonamides is 1. The Hall–Kier alpha value is -2.76. The highest BCUT2D eigenvalue weighted by Crippen LogP contribution is 2.15. The van der Waals surface area contributed by atoms with Gasteiger partial charge in [0.15, 0.2) is 6.10 Å². The fraction of sp³-hybridized carbons (Fsp3) is 0.316. The third-order valence-electron chi connectivity index (χ3n) is 3.71. The molecule has 1 heterocycles. The molecule has 0 saturated carbocycles. The summed E-state index contributed by atoms with van der Waals surface area (Å²) in [7, 11) is -3.85. The molecule has 162 valence electrons. The van der Waals surface area contributed by atoms with Gasteiger partial charge in [0.05, 0.1) is 10.5 Å². The fourth-order valence-corrected chi connectivity index (χ4v) is 4.03. The van der Waals surface area contributed by atoms with E-state index in [1.54, 1.807) is 19.9 Å². The lowest BCUT2D eigenvalue weighted by molar-refractivity contribution is -0.127. The number of ether oxygens (including phenoxy) is 1. The van der Waals surface area contributed by atoms with Gasteiger partial charge in [-0.15, -0.1) is 11.3 Å². The molecule has 0 fully saturated rings. The molecule has 11 heteroatoms. The van der Waals surface area contributed by atoms with E-state index in [1.165, 1.54) is 36.5 Å². The highest BCUT2D eigenvalue weighted by atomic mass is 32.2. The van der Waals surface area contributed by atoms with Crippen LogP contribution in [0.25, 0.3) is 0 Å². The second kappa shape index (κ2) is 10.3. The van der Waals surface area contributed by atoms with Crippen molar-refractivity contribution in [3.05, 3.63) is 52.2 Å². The first-order chi connectivity index (χ1) is 14.1.